The summed E-state index contributed by atoms with van der Waals surface area (Å²) >= 11 is 1.53. The molecule has 5 nitrogen and oxygen atoms in total. The highest BCUT2D eigenvalue weighted by atomic mass is 32.1. The lowest BCUT2D eigenvalue weighted by Gasteiger charge is -2.10. The Labute approximate surface area is 132 Å². The molecule has 3 rings (SSSR count). The van der Waals surface area contributed by atoms with E-state index in [0.29, 0.717) is 0 Å². The predicted molar refractivity (Wildman–Crippen MR) is 86.9 cm³/mol. The predicted octanol–water partition coefficient (Wildman–Crippen LogP) is 3.39. The zero-order chi connectivity index (χ0) is 15.4. The lowest BCUT2D eigenvalue weighted by atomic mass is 10.2. The molecule has 0 amide bonds. The standard InChI is InChI=1S/C16H15N3O2S/c1-20-11-6-7-15(21-2)13(9-11)18-16-19-14(10-22-16)12-5-3-4-8-17-12/h3-10H,1-2H3,(H,18,19)/p+1. The van der Waals surface area contributed by atoms with Crippen molar-refractivity contribution in [1.82, 2.24) is 4.98 Å². The number of hydrogen-bond acceptors (Lipinski definition) is 5. The second-order valence-corrected chi connectivity index (χ2v) is 5.36. The van der Waals surface area contributed by atoms with E-state index < -0.39 is 0 Å². The van der Waals surface area contributed by atoms with Crippen molar-refractivity contribution >= 4 is 22.2 Å². The third-order valence-electron chi connectivity index (χ3n) is 3.14. The van der Waals surface area contributed by atoms with Gasteiger partial charge < -0.3 is 14.8 Å². The van der Waals surface area contributed by atoms with Crippen LogP contribution >= 0.6 is 11.3 Å². The fourth-order valence-corrected chi connectivity index (χ4v) is 2.76. The second-order valence-electron chi connectivity index (χ2n) is 4.51. The molecule has 6 heteroatoms. The van der Waals surface area contributed by atoms with E-state index in [2.05, 4.69) is 15.3 Å². The van der Waals surface area contributed by atoms with E-state index in [4.69, 9.17) is 9.47 Å². The number of anilines is 2. The summed E-state index contributed by atoms with van der Waals surface area (Å²) in [6.45, 7) is 0. The Hall–Kier alpha value is -2.60. The van der Waals surface area contributed by atoms with Crippen LogP contribution in [0.4, 0.5) is 10.8 Å². The maximum atomic E-state index is 5.36. The molecule has 0 fully saturated rings. The van der Waals surface area contributed by atoms with Gasteiger partial charge in [-0.25, -0.2) is 9.97 Å². The molecule has 0 bridgehead atoms. The normalized spacial score (nSPS) is 10.3. The summed E-state index contributed by atoms with van der Waals surface area (Å²) in [6.07, 6.45) is 1.88. The molecule has 3 aromatic rings. The quantitative estimate of drug-likeness (QED) is 0.784. The van der Waals surface area contributed by atoms with E-state index in [1.165, 1.54) is 11.3 Å². The summed E-state index contributed by atoms with van der Waals surface area (Å²) in [5.74, 6) is 1.50. The highest BCUT2D eigenvalue weighted by Crippen LogP contribution is 2.33. The summed E-state index contributed by atoms with van der Waals surface area (Å²) in [4.78, 5) is 7.76. The first-order chi connectivity index (χ1) is 10.8. The van der Waals surface area contributed by atoms with E-state index in [-0.39, 0.29) is 0 Å². The number of hydrogen-bond donors (Lipinski definition) is 1. The zero-order valence-corrected chi connectivity index (χ0v) is 13.1. The molecule has 0 saturated carbocycles. The average Bonchev–Trinajstić information content (AvgIpc) is 3.04. The highest BCUT2D eigenvalue weighted by molar-refractivity contribution is 7.14. The molecule has 0 aliphatic rings. The number of methoxy groups -OCH3 is 2. The molecule has 112 valence electrons. The average molecular weight is 314 g/mol. The largest absolute Gasteiger partial charge is 0.497 e. The van der Waals surface area contributed by atoms with E-state index in [1.54, 1.807) is 14.2 Å². The number of benzene rings is 1. The van der Waals surface area contributed by atoms with Crippen LogP contribution in [0.5, 0.6) is 11.5 Å². The highest BCUT2D eigenvalue weighted by Gasteiger charge is 2.11. The minimum absolute atomic E-state index is 0.740. The van der Waals surface area contributed by atoms with Gasteiger partial charge in [0.05, 0.1) is 19.9 Å². The molecule has 2 aromatic heterocycles. The van der Waals surface area contributed by atoms with Gasteiger partial charge in [-0.05, 0) is 18.2 Å². The van der Waals surface area contributed by atoms with Crippen LogP contribution in [0.25, 0.3) is 11.4 Å². The van der Waals surface area contributed by atoms with Crippen molar-refractivity contribution in [3.63, 3.8) is 0 Å². The van der Waals surface area contributed by atoms with Gasteiger partial charge in [0.2, 0.25) is 5.69 Å². The molecular weight excluding hydrogens is 298 g/mol. The van der Waals surface area contributed by atoms with Crippen LogP contribution in [0.1, 0.15) is 0 Å². The first-order valence-electron chi connectivity index (χ1n) is 6.72. The first-order valence-corrected chi connectivity index (χ1v) is 7.60. The van der Waals surface area contributed by atoms with Crippen molar-refractivity contribution in [2.45, 2.75) is 0 Å². The first kappa shape index (κ1) is 14.3. The van der Waals surface area contributed by atoms with Crippen LogP contribution in [-0.4, -0.2) is 19.2 Å². The second kappa shape index (κ2) is 6.44. The summed E-state index contributed by atoms with van der Waals surface area (Å²) < 4.78 is 10.6. The van der Waals surface area contributed by atoms with Crippen molar-refractivity contribution in [2.24, 2.45) is 0 Å². The van der Waals surface area contributed by atoms with Crippen LogP contribution < -0.4 is 19.8 Å². The van der Waals surface area contributed by atoms with Gasteiger partial charge in [-0.1, -0.05) is 0 Å². The van der Waals surface area contributed by atoms with Gasteiger partial charge in [-0.3, -0.25) is 0 Å². The maximum Gasteiger partial charge on any atom is 0.230 e. The number of aromatic nitrogens is 2. The van der Waals surface area contributed by atoms with Crippen LogP contribution in [-0.2, 0) is 0 Å². The molecule has 0 atom stereocenters. The van der Waals surface area contributed by atoms with Crippen molar-refractivity contribution in [2.75, 3.05) is 19.5 Å². The topological polar surface area (TPSA) is 57.5 Å². The molecule has 0 saturated heterocycles. The van der Waals surface area contributed by atoms with Crippen LogP contribution in [0.2, 0.25) is 0 Å². The third kappa shape index (κ3) is 3.01. The van der Waals surface area contributed by atoms with Crippen LogP contribution in [0.3, 0.4) is 0 Å². The number of pyridine rings is 1. The number of rotatable bonds is 5. The van der Waals surface area contributed by atoms with E-state index >= 15 is 0 Å². The van der Waals surface area contributed by atoms with Gasteiger partial charge in [-0.2, -0.15) is 0 Å². The fourth-order valence-electron chi connectivity index (χ4n) is 2.03. The van der Waals surface area contributed by atoms with Gasteiger partial charge in [0, 0.05) is 23.6 Å². The number of thiazole rings is 1. The van der Waals surface area contributed by atoms with Gasteiger partial charge in [0.25, 0.3) is 0 Å². The Balaban J connectivity index is 1.86. The molecule has 0 aliphatic heterocycles. The van der Waals surface area contributed by atoms with E-state index in [9.17, 15) is 0 Å². The minimum Gasteiger partial charge on any atom is -0.497 e. The molecular formula is C16H16N3O2S+. The SMILES string of the molecule is COc1ccc(OC)c(Nc2nc(-c3cccc[nH+]3)cs2)c1. The lowest BCUT2D eigenvalue weighted by molar-refractivity contribution is -0.364. The number of H-pyrrole nitrogens is 1. The Kier molecular flexibility index (Phi) is 4.20. The molecule has 0 spiro atoms. The molecule has 22 heavy (non-hydrogen) atoms. The van der Waals surface area contributed by atoms with Gasteiger partial charge in [0.1, 0.15) is 17.2 Å². The summed E-state index contributed by atoms with van der Waals surface area (Å²) in [7, 11) is 3.28. The van der Waals surface area contributed by atoms with E-state index in [0.717, 1.165) is 33.7 Å². The molecule has 0 aliphatic carbocycles. The maximum absolute atomic E-state index is 5.36. The van der Waals surface area contributed by atoms with Crippen molar-refractivity contribution in [3.05, 3.63) is 48.0 Å². The summed E-state index contributed by atoms with van der Waals surface area (Å²) in [6, 6.07) is 11.5. The third-order valence-corrected chi connectivity index (χ3v) is 3.90. The van der Waals surface area contributed by atoms with Crippen molar-refractivity contribution in [3.8, 4) is 22.9 Å². The Morgan fingerprint density at radius 2 is 2.05 bits per heavy atom. The van der Waals surface area contributed by atoms with Gasteiger partial charge >= 0.3 is 0 Å². The monoisotopic (exact) mass is 314 g/mol. The minimum atomic E-state index is 0.740. The number of nitrogens with one attached hydrogen (secondary N) is 2. The Bertz CT molecular complexity index is 759. The zero-order valence-electron chi connectivity index (χ0n) is 12.3. The summed E-state index contributed by atoms with van der Waals surface area (Å²) in [5, 5.41) is 6.07. The van der Waals surface area contributed by atoms with Crippen molar-refractivity contribution in [1.29, 1.82) is 0 Å². The fraction of sp³-hybridized carbons (Fsp3) is 0.125. The molecule has 1 aromatic carbocycles. The summed E-state index contributed by atoms with van der Waals surface area (Å²) in [5.41, 5.74) is 2.69. The van der Waals surface area contributed by atoms with Crippen LogP contribution in [0.15, 0.2) is 48.0 Å². The number of nitrogens with zero attached hydrogens (tertiary/aromatic N) is 1. The number of aromatic amines is 1. The number of ether oxygens (including phenoxy) is 2. The van der Waals surface area contributed by atoms with Crippen molar-refractivity contribution < 1.29 is 14.5 Å². The molecule has 2 heterocycles. The molecule has 0 radical (unpaired) electrons. The smallest absolute Gasteiger partial charge is 0.230 e. The molecule has 2 N–H and O–H groups in total. The van der Waals surface area contributed by atoms with E-state index in [1.807, 2.05) is 48.0 Å². The van der Waals surface area contributed by atoms with Crippen LogP contribution in [0, 0.1) is 0 Å². The Morgan fingerprint density at radius 1 is 1.14 bits per heavy atom. The van der Waals surface area contributed by atoms with Gasteiger partial charge in [0.15, 0.2) is 11.3 Å². The van der Waals surface area contributed by atoms with Gasteiger partial charge in [-0.15, -0.1) is 11.3 Å². The Morgan fingerprint density at radius 3 is 2.77 bits per heavy atom. The lowest BCUT2D eigenvalue weighted by Crippen LogP contribution is -2.04. The molecule has 0 unspecified atom stereocenters.